The summed E-state index contributed by atoms with van der Waals surface area (Å²) in [5, 5.41) is 0. The van der Waals surface area contributed by atoms with E-state index < -0.39 is 10.0 Å². The molecule has 0 saturated carbocycles. The predicted octanol–water partition coefficient (Wildman–Crippen LogP) is 3.87. The zero-order valence-electron chi connectivity index (χ0n) is 11.8. The quantitative estimate of drug-likeness (QED) is 0.820. The Morgan fingerprint density at radius 1 is 1.33 bits per heavy atom. The lowest BCUT2D eigenvalue weighted by Gasteiger charge is -2.14. The van der Waals surface area contributed by atoms with Gasteiger partial charge in [-0.25, -0.2) is 18.1 Å². The summed E-state index contributed by atoms with van der Waals surface area (Å²) in [6, 6.07) is 7.46. The van der Waals surface area contributed by atoms with Crippen LogP contribution in [-0.4, -0.2) is 19.7 Å². The van der Waals surface area contributed by atoms with Gasteiger partial charge in [-0.05, 0) is 37.8 Å². The topological polar surface area (TPSA) is 59.1 Å². The van der Waals surface area contributed by atoms with Gasteiger partial charge in [-0.1, -0.05) is 35.1 Å². The summed E-state index contributed by atoms with van der Waals surface area (Å²) in [6.07, 6.45) is 2.00. The number of nitrogens with one attached hydrogen (secondary N) is 1. The van der Waals surface area contributed by atoms with Crippen molar-refractivity contribution in [2.75, 3.05) is 6.26 Å². The van der Waals surface area contributed by atoms with Crippen molar-refractivity contribution in [1.82, 2.24) is 9.71 Å². The third-order valence-corrected chi connectivity index (χ3v) is 7.08. The van der Waals surface area contributed by atoms with Crippen molar-refractivity contribution in [3.05, 3.63) is 40.0 Å². The van der Waals surface area contributed by atoms with Gasteiger partial charge in [0.25, 0.3) is 10.0 Å². The molecule has 0 fully saturated rings. The van der Waals surface area contributed by atoms with Crippen LogP contribution in [0.15, 0.2) is 33.4 Å². The summed E-state index contributed by atoms with van der Waals surface area (Å²) < 4.78 is 27.8. The largest absolute Gasteiger partial charge is 0.252 e. The molecule has 4 nitrogen and oxygen atoms in total. The van der Waals surface area contributed by atoms with Crippen molar-refractivity contribution in [3.8, 4) is 0 Å². The average Bonchev–Trinajstić information content (AvgIpc) is 2.78. The molecule has 0 spiro atoms. The molecule has 1 aromatic heterocycles. The molecular weight excluding hydrogens is 348 g/mol. The minimum Gasteiger partial charge on any atom is -0.229 e. The summed E-state index contributed by atoms with van der Waals surface area (Å²) in [6.45, 7) is 3.44. The van der Waals surface area contributed by atoms with E-state index in [1.807, 2.05) is 37.4 Å². The number of aryl methyl sites for hydroxylation is 1. The molecule has 0 aliphatic carbocycles. The molecule has 0 aliphatic heterocycles. The Labute approximate surface area is 138 Å². The van der Waals surface area contributed by atoms with Crippen molar-refractivity contribution < 1.29 is 8.42 Å². The Hall–Kier alpha value is -0.600. The molecule has 0 amide bonds. The monoisotopic (exact) mass is 362 g/mol. The standard InChI is InChI=1S/C13H15ClN2O2S3/c1-8(10-4-6-11(19-3)7-5-10)16-21(17,18)12-9(2)15-13(14)20-12/h4-8,16H,1-3H3. The Morgan fingerprint density at radius 2 is 1.95 bits per heavy atom. The Morgan fingerprint density at radius 3 is 2.43 bits per heavy atom. The third-order valence-electron chi connectivity index (χ3n) is 2.92. The molecular formula is C13H15ClN2O2S3. The summed E-state index contributed by atoms with van der Waals surface area (Å²) in [5.74, 6) is 0. The third kappa shape index (κ3) is 3.98. The van der Waals surface area contributed by atoms with Crippen LogP contribution in [0.3, 0.4) is 0 Å². The van der Waals surface area contributed by atoms with Crippen LogP contribution in [0.1, 0.15) is 24.2 Å². The van der Waals surface area contributed by atoms with Crippen LogP contribution in [0, 0.1) is 6.92 Å². The predicted molar refractivity (Wildman–Crippen MR) is 88.8 cm³/mol. The highest BCUT2D eigenvalue weighted by Crippen LogP contribution is 2.28. The first-order valence-electron chi connectivity index (χ1n) is 6.12. The van der Waals surface area contributed by atoms with Gasteiger partial charge in [0.1, 0.15) is 0 Å². The minimum atomic E-state index is -3.62. The first-order valence-corrected chi connectivity index (χ1v) is 10.0. The van der Waals surface area contributed by atoms with Gasteiger partial charge in [0, 0.05) is 10.9 Å². The normalized spacial score (nSPS) is 13.3. The lowest BCUT2D eigenvalue weighted by atomic mass is 10.1. The fourth-order valence-corrected chi connectivity index (χ4v) is 5.24. The number of hydrogen-bond donors (Lipinski definition) is 1. The van der Waals surface area contributed by atoms with E-state index in [1.54, 1.807) is 18.7 Å². The first kappa shape index (κ1) is 16.8. The maximum absolute atomic E-state index is 12.4. The van der Waals surface area contributed by atoms with E-state index in [2.05, 4.69) is 9.71 Å². The van der Waals surface area contributed by atoms with Gasteiger partial charge >= 0.3 is 0 Å². The first-order chi connectivity index (χ1) is 9.83. The van der Waals surface area contributed by atoms with Crippen LogP contribution in [0.5, 0.6) is 0 Å². The van der Waals surface area contributed by atoms with E-state index in [0.717, 1.165) is 21.8 Å². The van der Waals surface area contributed by atoms with E-state index in [0.29, 0.717) is 5.69 Å². The average molecular weight is 363 g/mol. The van der Waals surface area contributed by atoms with Gasteiger partial charge in [0.2, 0.25) is 0 Å². The van der Waals surface area contributed by atoms with Crippen molar-refractivity contribution in [2.45, 2.75) is 29.0 Å². The molecule has 0 aliphatic rings. The zero-order chi connectivity index (χ0) is 15.6. The van der Waals surface area contributed by atoms with E-state index in [-0.39, 0.29) is 14.7 Å². The van der Waals surface area contributed by atoms with Crippen LogP contribution in [0.2, 0.25) is 4.47 Å². The molecule has 0 saturated heterocycles. The molecule has 1 N–H and O–H groups in total. The summed E-state index contributed by atoms with van der Waals surface area (Å²) >= 11 is 8.38. The highest BCUT2D eigenvalue weighted by molar-refractivity contribution is 7.98. The highest BCUT2D eigenvalue weighted by Gasteiger charge is 2.23. The molecule has 0 radical (unpaired) electrons. The van der Waals surface area contributed by atoms with Gasteiger partial charge in [-0.2, -0.15) is 0 Å². The van der Waals surface area contributed by atoms with E-state index in [4.69, 9.17) is 11.6 Å². The molecule has 1 aromatic carbocycles. The second-order valence-electron chi connectivity index (χ2n) is 4.46. The number of thiazole rings is 1. The van der Waals surface area contributed by atoms with Crippen molar-refractivity contribution in [2.24, 2.45) is 0 Å². The SMILES string of the molecule is CSc1ccc(C(C)NS(=O)(=O)c2sc(Cl)nc2C)cc1. The molecule has 1 atom stereocenters. The van der Waals surface area contributed by atoms with Crippen LogP contribution < -0.4 is 4.72 Å². The Balaban J connectivity index is 2.21. The van der Waals surface area contributed by atoms with Crippen LogP contribution in [0.25, 0.3) is 0 Å². The maximum Gasteiger partial charge on any atom is 0.252 e. The lowest BCUT2D eigenvalue weighted by Crippen LogP contribution is -2.26. The maximum atomic E-state index is 12.4. The number of aromatic nitrogens is 1. The van der Waals surface area contributed by atoms with Crippen LogP contribution >= 0.6 is 34.7 Å². The van der Waals surface area contributed by atoms with Gasteiger partial charge in [-0.15, -0.1) is 11.8 Å². The molecule has 8 heteroatoms. The lowest BCUT2D eigenvalue weighted by molar-refractivity contribution is 0.568. The molecule has 21 heavy (non-hydrogen) atoms. The van der Waals surface area contributed by atoms with E-state index >= 15 is 0 Å². The number of hydrogen-bond acceptors (Lipinski definition) is 5. The summed E-state index contributed by atoms with van der Waals surface area (Å²) in [7, 11) is -3.62. The number of nitrogens with zero attached hydrogens (tertiary/aromatic N) is 1. The summed E-state index contributed by atoms with van der Waals surface area (Å²) in [4.78, 5) is 5.08. The van der Waals surface area contributed by atoms with E-state index in [1.165, 1.54) is 0 Å². The van der Waals surface area contributed by atoms with Crippen molar-refractivity contribution in [1.29, 1.82) is 0 Å². The Kier molecular flexibility index (Phi) is 5.32. The second kappa shape index (κ2) is 6.66. The van der Waals surface area contributed by atoms with Gasteiger partial charge in [-0.3, -0.25) is 0 Å². The smallest absolute Gasteiger partial charge is 0.229 e. The van der Waals surface area contributed by atoms with Crippen molar-refractivity contribution in [3.63, 3.8) is 0 Å². The fourth-order valence-electron chi connectivity index (χ4n) is 1.85. The van der Waals surface area contributed by atoms with Crippen LogP contribution in [0.4, 0.5) is 0 Å². The van der Waals surface area contributed by atoms with E-state index in [9.17, 15) is 8.42 Å². The molecule has 2 aromatic rings. The number of sulfonamides is 1. The number of benzene rings is 1. The fraction of sp³-hybridized carbons (Fsp3) is 0.308. The second-order valence-corrected chi connectivity index (χ2v) is 8.83. The number of rotatable bonds is 5. The van der Waals surface area contributed by atoms with Gasteiger partial charge in [0.05, 0.1) is 5.69 Å². The number of halogens is 1. The van der Waals surface area contributed by atoms with Gasteiger partial charge in [0.15, 0.2) is 8.68 Å². The molecule has 2 rings (SSSR count). The van der Waals surface area contributed by atoms with Crippen LogP contribution in [-0.2, 0) is 10.0 Å². The minimum absolute atomic E-state index is 0.167. The Bertz CT molecular complexity index is 726. The summed E-state index contributed by atoms with van der Waals surface area (Å²) in [5.41, 5.74) is 1.33. The number of thioether (sulfide) groups is 1. The molecule has 1 heterocycles. The molecule has 1 unspecified atom stereocenters. The highest BCUT2D eigenvalue weighted by atomic mass is 35.5. The van der Waals surface area contributed by atoms with Gasteiger partial charge < -0.3 is 0 Å². The molecule has 114 valence electrons. The molecule has 0 bridgehead atoms. The van der Waals surface area contributed by atoms with Crippen molar-refractivity contribution >= 4 is 44.7 Å². The zero-order valence-corrected chi connectivity index (χ0v) is 15.0.